The van der Waals surface area contributed by atoms with Crippen LogP contribution in [0.5, 0.6) is 5.75 Å². The van der Waals surface area contributed by atoms with E-state index in [0.29, 0.717) is 17.3 Å². The second-order valence-electron chi connectivity index (χ2n) is 5.70. The van der Waals surface area contributed by atoms with Crippen LogP contribution in [0.4, 0.5) is 0 Å². The minimum absolute atomic E-state index is 0.00469. The molecule has 0 aliphatic carbocycles. The lowest BCUT2D eigenvalue weighted by Gasteiger charge is -2.32. The third-order valence-corrected chi connectivity index (χ3v) is 4.39. The molecule has 1 aliphatic rings. The molecule has 7 heteroatoms. The quantitative estimate of drug-likeness (QED) is 0.860. The monoisotopic (exact) mass is 334 g/mol. The highest BCUT2D eigenvalue weighted by Crippen LogP contribution is 2.26. The number of aromatic nitrogens is 3. The van der Waals surface area contributed by atoms with Crippen LogP contribution >= 0.6 is 11.6 Å². The Kier molecular flexibility index (Phi) is 4.81. The van der Waals surface area contributed by atoms with Crippen molar-refractivity contribution in [2.45, 2.75) is 18.8 Å². The molecular formula is C16H19ClN4O2. The zero-order chi connectivity index (χ0) is 16.2. The molecule has 0 bridgehead atoms. The minimum Gasteiger partial charge on any atom is -0.482 e. The van der Waals surface area contributed by atoms with Crippen molar-refractivity contribution in [1.29, 1.82) is 0 Å². The Morgan fingerprint density at radius 3 is 3.00 bits per heavy atom. The lowest BCUT2D eigenvalue weighted by atomic mass is 9.97. The van der Waals surface area contributed by atoms with E-state index in [1.807, 2.05) is 28.6 Å². The van der Waals surface area contributed by atoms with Crippen molar-refractivity contribution >= 4 is 17.5 Å². The molecule has 1 amide bonds. The fourth-order valence-corrected chi connectivity index (χ4v) is 3.06. The van der Waals surface area contributed by atoms with E-state index in [1.165, 1.54) is 0 Å². The van der Waals surface area contributed by atoms with Crippen LogP contribution in [0, 0.1) is 0 Å². The number of amides is 1. The van der Waals surface area contributed by atoms with Crippen molar-refractivity contribution in [2.24, 2.45) is 7.05 Å². The first-order chi connectivity index (χ1) is 11.1. The largest absolute Gasteiger partial charge is 0.482 e. The standard InChI is InChI=1S/C16H19ClN4O2/c1-20-11-18-19-16(20)12-5-4-8-21(9-12)15(22)10-23-14-7-3-2-6-13(14)17/h2-3,6-7,11-12H,4-5,8-10H2,1H3/t12-/m1/s1. The number of likely N-dealkylation sites (tertiary alicyclic amines) is 1. The third-order valence-electron chi connectivity index (χ3n) is 4.07. The van der Waals surface area contributed by atoms with Crippen LogP contribution in [0.2, 0.25) is 5.02 Å². The Morgan fingerprint density at radius 2 is 2.26 bits per heavy atom. The number of para-hydroxylation sites is 1. The first kappa shape index (κ1) is 15.8. The van der Waals surface area contributed by atoms with Crippen LogP contribution in [0.3, 0.4) is 0 Å². The zero-order valence-electron chi connectivity index (χ0n) is 13.0. The predicted molar refractivity (Wildman–Crippen MR) is 86.5 cm³/mol. The van der Waals surface area contributed by atoms with Crippen molar-refractivity contribution in [3.63, 3.8) is 0 Å². The molecular weight excluding hydrogens is 316 g/mol. The Balaban J connectivity index is 1.59. The summed E-state index contributed by atoms with van der Waals surface area (Å²) < 4.78 is 7.46. The Morgan fingerprint density at radius 1 is 1.43 bits per heavy atom. The summed E-state index contributed by atoms with van der Waals surface area (Å²) in [6.07, 6.45) is 3.66. The van der Waals surface area contributed by atoms with Crippen molar-refractivity contribution < 1.29 is 9.53 Å². The number of aryl methyl sites for hydroxylation is 1. The van der Waals surface area contributed by atoms with Crippen molar-refractivity contribution in [3.05, 3.63) is 41.4 Å². The Labute approximate surface area is 140 Å². The number of benzene rings is 1. The lowest BCUT2D eigenvalue weighted by molar-refractivity contribution is -0.134. The fraction of sp³-hybridized carbons (Fsp3) is 0.438. The molecule has 1 aromatic heterocycles. The van der Waals surface area contributed by atoms with Crippen LogP contribution < -0.4 is 4.74 Å². The van der Waals surface area contributed by atoms with E-state index in [0.717, 1.165) is 25.2 Å². The molecule has 1 saturated heterocycles. The normalized spacial score (nSPS) is 18.0. The number of ether oxygens (including phenoxy) is 1. The predicted octanol–water partition coefficient (Wildman–Crippen LogP) is 2.25. The highest BCUT2D eigenvalue weighted by atomic mass is 35.5. The number of carbonyl (C=O) groups excluding carboxylic acids is 1. The van der Waals surface area contributed by atoms with Gasteiger partial charge in [-0.1, -0.05) is 23.7 Å². The van der Waals surface area contributed by atoms with Gasteiger partial charge in [0.25, 0.3) is 5.91 Å². The maximum absolute atomic E-state index is 12.4. The molecule has 0 spiro atoms. The number of halogens is 1. The summed E-state index contributed by atoms with van der Waals surface area (Å²) >= 11 is 6.03. The molecule has 23 heavy (non-hydrogen) atoms. The van der Waals surface area contributed by atoms with E-state index in [2.05, 4.69) is 10.2 Å². The summed E-state index contributed by atoms with van der Waals surface area (Å²) in [5.41, 5.74) is 0. The van der Waals surface area contributed by atoms with Gasteiger partial charge in [-0.25, -0.2) is 0 Å². The maximum Gasteiger partial charge on any atom is 0.260 e. The second kappa shape index (κ2) is 7.00. The first-order valence-electron chi connectivity index (χ1n) is 7.64. The molecule has 0 unspecified atom stereocenters. The van der Waals surface area contributed by atoms with Crippen molar-refractivity contribution in [2.75, 3.05) is 19.7 Å². The van der Waals surface area contributed by atoms with Gasteiger partial charge in [0.1, 0.15) is 17.9 Å². The third kappa shape index (κ3) is 3.64. The number of carbonyl (C=O) groups is 1. The van der Waals surface area contributed by atoms with Gasteiger partial charge in [-0.2, -0.15) is 0 Å². The molecule has 0 N–H and O–H groups in total. The summed E-state index contributed by atoms with van der Waals surface area (Å²) in [6.45, 7) is 1.39. The number of piperidine rings is 1. The van der Waals surface area contributed by atoms with Crippen LogP contribution in [0.1, 0.15) is 24.6 Å². The van der Waals surface area contributed by atoms with Gasteiger partial charge in [0.2, 0.25) is 0 Å². The molecule has 6 nitrogen and oxygen atoms in total. The molecule has 1 atom stereocenters. The van der Waals surface area contributed by atoms with Gasteiger partial charge in [-0.05, 0) is 25.0 Å². The Hall–Kier alpha value is -2.08. The Bertz CT molecular complexity index is 688. The zero-order valence-corrected chi connectivity index (χ0v) is 13.7. The van der Waals surface area contributed by atoms with E-state index in [-0.39, 0.29) is 18.4 Å². The van der Waals surface area contributed by atoms with E-state index in [4.69, 9.17) is 16.3 Å². The molecule has 122 valence electrons. The van der Waals surface area contributed by atoms with Gasteiger partial charge in [0, 0.05) is 26.1 Å². The van der Waals surface area contributed by atoms with Crippen LogP contribution in [-0.4, -0.2) is 45.3 Å². The SMILES string of the molecule is Cn1cnnc1[C@@H]1CCCN(C(=O)COc2ccccc2Cl)C1. The molecule has 0 saturated carbocycles. The molecule has 2 heterocycles. The number of hydrogen-bond acceptors (Lipinski definition) is 4. The maximum atomic E-state index is 12.4. The van der Waals surface area contributed by atoms with Gasteiger partial charge in [-0.3, -0.25) is 4.79 Å². The van der Waals surface area contributed by atoms with Crippen LogP contribution in [0.25, 0.3) is 0 Å². The summed E-state index contributed by atoms with van der Waals surface area (Å²) in [6, 6.07) is 7.16. The van der Waals surface area contributed by atoms with Crippen molar-refractivity contribution in [3.8, 4) is 5.75 Å². The van der Waals surface area contributed by atoms with Gasteiger partial charge in [0.15, 0.2) is 6.61 Å². The number of rotatable bonds is 4. The summed E-state index contributed by atoms with van der Waals surface area (Å²) in [7, 11) is 1.93. The highest BCUT2D eigenvalue weighted by Gasteiger charge is 2.27. The van der Waals surface area contributed by atoms with E-state index in [1.54, 1.807) is 18.5 Å². The van der Waals surface area contributed by atoms with Crippen LogP contribution in [0.15, 0.2) is 30.6 Å². The highest BCUT2D eigenvalue weighted by molar-refractivity contribution is 6.32. The minimum atomic E-state index is -0.0308. The van der Waals surface area contributed by atoms with E-state index < -0.39 is 0 Å². The average molecular weight is 335 g/mol. The summed E-state index contributed by atoms with van der Waals surface area (Å²) in [5, 5.41) is 8.60. The molecule has 2 aromatic rings. The van der Waals surface area contributed by atoms with Gasteiger partial charge < -0.3 is 14.2 Å². The topological polar surface area (TPSA) is 60.2 Å². The molecule has 1 aromatic carbocycles. The molecule has 1 aliphatic heterocycles. The molecule has 3 rings (SSSR count). The summed E-state index contributed by atoms with van der Waals surface area (Å²) in [5.74, 6) is 1.65. The number of hydrogen-bond donors (Lipinski definition) is 0. The van der Waals surface area contributed by atoms with Crippen LogP contribution in [-0.2, 0) is 11.8 Å². The second-order valence-corrected chi connectivity index (χ2v) is 6.11. The van der Waals surface area contributed by atoms with E-state index in [9.17, 15) is 4.79 Å². The molecule has 1 fully saturated rings. The fourth-order valence-electron chi connectivity index (χ4n) is 2.87. The van der Waals surface area contributed by atoms with Gasteiger partial charge >= 0.3 is 0 Å². The summed E-state index contributed by atoms with van der Waals surface area (Å²) in [4.78, 5) is 14.2. The van der Waals surface area contributed by atoms with Gasteiger partial charge in [-0.15, -0.1) is 10.2 Å². The van der Waals surface area contributed by atoms with E-state index >= 15 is 0 Å². The smallest absolute Gasteiger partial charge is 0.260 e. The number of nitrogens with zero attached hydrogens (tertiary/aromatic N) is 4. The molecule has 0 radical (unpaired) electrons. The van der Waals surface area contributed by atoms with Crippen molar-refractivity contribution in [1.82, 2.24) is 19.7 Å². The average Bonchev–Trinajstić information content (AvgIpc) is 3.00. The first-order valence-corrected chi connectivity index (χ1v) is 8.02. The van der Waals surface area contributed by atoms with Gasteiger partial charge in [0.05, 0.1) is 5.02 Å². The lowest BCUT2D eigenvalue weighted by Crippen LogP contribution is -2.42.